The van der Waals surface area contributed by atoms with Crippen LogP contribution in [0.15, 0.2) is 94.6 Å². The van der Waals surface area contributed by atoms with Crippen LogP contribution < -0.4 is 21.5 Å². The lowest BCUT2D eigenvalue weighted by Gasteiger charge is -2.57. The van der Waals surface area contributed by atoms with Gasteiger partial charge < -0.3 is 10.6 Å². The van der Waals surface area contributed by atoms with Crippen molar-refractivity contribution in [1.29, 1.82) is 0 Å². The monoisotopic (exact) mass is 581 g/mol. The van der Waals surface area contributed by atoms with Crippen molar-refractivity contribution in [2.24, 2.45) is 0 Å². The summed E-state index contributed by atoms with van der Waals surface area (Å²) in [5, 5.41) is 0. The Morgan fingerprint density at radius 2 is 1.64 bits per heavy atom. The second kappa shape index (κ2) is 10.2. The van der Waals surface area contributed by atoms with Gasteiger partial charge in [-0.15, -0.1) is 0 Å². The minimum atomic E-state index is -0.310. The number of pyridine rings is 2. The molecule has 0 spiro atoms. The molecule has 3 fully saturated rings. The standard InChI is InChI=1S/C35H31N7O2/c1-2-26-30(32(44)31(26)43)40-19-24-17-25(20-40)41(24)18-21-10-12-23(13-11-21)42-34(27-9-6-16-37-33(27)36)39-29-15-14-28(38-35(29)42)22-7-4-3-5-8-22/h3-16,24-25H,2,17-20H2,1H3,(H2,36,37). The number of hydrogen-bond donors (Lipinski definition) is 1. The number of rotatable bonds is 7. The van der Waals surface area contributed by atoms with Crippen molar-refractivity contribution in [3.05, 3.63) is 117 Å². The maximum absolute atomic E-state index is 12.3. The van der Waals surface area contributed by atoms with Crippen LogP contribution in [0.2, 0.25) is 0 Å². The Morgan fingerprint density at radius 3 is 2.36 bits per heavy atom. The second-order valence-corrected chi connectivity index (χ2v) is 11.7. The number of nitrogens with two attached hydrogens (primary N) is 1. The number of hydrogen-bond acceptors (Lipinski definition) is 8. The summed E-state index contributed by atoms with van der Waals surface area (Å²) in [6, 6.07) is 27.2. The number of piperidine rings is 1. The van der Waals surface area contributed by atoms with Crippen LogP contribution in [0, 0.1) is 0 Å². The van der Waals surface area contributed by atoms with E-state index in [9.17, 15) is 9.59 Å². The van der Waals surface area contributed by atoms with Crippen LogP contribution >= 0.6 is 0 Å². The summed E-state index contributed by atoms with van der Waals surface area (Å²) in [5.41, 5.74) is 13.4. The van der Waals surface area contributed by atoms with Crippen molar-refractivity contribution < 1.29 is 0 Å². The van der Waals surface area contributed by atoms with Gasteiger partial charge in [0.1, 0.15) is 11.3 Å². The van der Waals surface area contributed by atoms with Crippen molar-refractivity contribution in [1.82, 2.24) is 24.4 Å². The summed E-state index contributed by atoms with van der Waals surface area (Å²) >= 11 is 0. The quantitative estimate of drug-likeness (QED) is 0.277. The molecule has 2 bridgehead atoms. The van der Waals surface area contributed by atoms with E-state index in [0.29, 0.717) is 41.4 Å². The van der Waals surface area contributed by atoms with Crippen LogP contribution in [0.3, 0.4) is 0 Å². The van der Waals surface area contributed by atoms with E-state index in [1.807, 2.05) is 49.4 Å². The Morgan fingerprint density at radius 1 is 0.864 bits per heavy atom. The molecule has 9 heteroatoms. The molecule has 6 aromatic rings. The number of imidazole rings is 1. The van der Waals surface area contributed by atoms with E-state index in [2.05, 4.69) is 55.7 Å². The number of nitrogen functional groups attached to an aromatic ring is 1. The van der Waals surface area contributed by atoms with Gasteiger partial charge in [0.25, 0.3) is 0 Å². The first-order valence-electron chi connectivity index (χ1n) is 15.1. The summed E-state index contributed by atoms with van der Waals surface area (Å²) in [6.07, 6.45) is 3.42. The van der Waals surface area contributed by atoms with Crippen molar-refractivity contribution in [2.75, 3.05) is 23.7 Å². The van der Waals surface area contributed by atoms with Gasteiger partial charge in [-0.3, -0.25) is 19.1 Å². The van der Waals surface area contributed by atoms with Gasteiger partial charge >= 0.3 is 0 Å². The topological polar surface area (TPSA) is 110 Å². The molecule has 0 aliphatic carbocycles. The Labute approximate surface area is 253 Å². The zero-order valence-electron chi connectivity index (χ0n) is 24.4. The maximum atomic E-state index is 12.3. The fourth-order valence-electron chi connectivity index (χ4n) is 6.94. The first-order chi connectivity index (χ1) is 21.5. The molecular formula is C35H31N7O2. The highest BCUT2D eigenvalue weighted by atomic mass is 16.2. The molecule has 9 nitrogen and oxygen atoms in total. The van der Waals surface area contributed by atoms with Gasteiger partial charge in [-0.1, -0.05) is 49.4 Å². The average molecular weight is 582 g/mol. The highest BCUT2D eigenvalue weighted by Gasteiger charge is 2.46. The average Bonchev–Trinajstić information content (AvgIpc) is 3.45. The number of aromatic nitrogens is 4. The third-order valence-electron chi connectivity index (χ3n) is 9.21. The fourth-order valence-corrected chi connectivity index (χ4v) is 6.94. The Hall–Kier alpha value is -5.15. The molecule has 2 N–H and O–H groups in total. The van der Waals surface area contributed by atoms with Crippen LogP contribution in [-0.2, 0) is 13.0 Å². The molecule has 0 saturated carbocycles. The Kier molecular flexibility index (Phi) is 6.16. The SMILES string of the molecule is CCc1c(N2CC3CC(C2)N3Cc2ccc(-n3c(-c4cccnc4N)nc4ccc(-c5ccccc5)nc43)cc2)c(=O)c1=O. The number of benzene rings is 2. The number of nitrogens with zero attached hydrogens (tertiary/aromatic N) is 6. The molecule has 218 valence electrons. The van der Waals surface area contributed by atoms with E-state index in [1.54, 1.807) is 6.20 Å². The zero-order chi connectivity index (χ0) is 29.9. The van der Waals surface area contributed by atoms with Crippen LogP contribution in [0.1, 0.15) is 24.5 Å². The molecule has 3 aromatic heterocycles. The highest BCUT2D eigenvalue weighted by Crippen LogP contribution is 2.37. The van der Waals surface area contributed by atoms with Crippen molar-refractivity contribution in [3.63, 3.8) is 0 Å². The first kappa shape index (κ1) is 26.5. The van der Waals surface area contributed by atoms with E-state index in [1.165, 1.54) is 5.56 Å². The Bertz CT molecular complexity index is 2080. The van der Waals surface area contributed by atoms with Crippen LogP contribution in [0.25, 0.3) is 39.5 Å². The van der Waals surface area contributed by atoms with Gasteiger partial charge in [0.2, 0.25) is 10.9 Å². The summed E-state index contributed by atoms with van der Waals surface area (Å²) in [4.78, 5) is 43.2. The van der Waals surface area contributed by atoms with E-state index >= 15 is 0 Å². The first-order valence-corrected chi connectivity index (χ1v) is 15.1. The predicted octanol–water partition coefficient (Wildman–Crippen LogP) is 4.35. The molecule has 3 aromatic carbocycles. The Balaban J connectivity index is 1.10. The van der Waals surface area contributed by atoms with Crippen molar-refractivity contribution in [3.8, 4) is 28.3 Å². The number of fused-ring (bicyclic) bond motifs is 3. The minimum Gasteiger partial charge on any atom is -0.383 e. The summed E-state index contributed by atoms with van der Waals surface area (Å²) < 4.78 is 2.06. The van der Waals surface area contributed by atoms with E-state index in [4.69, 9.17) is 15.7 Å². The van der Waals surface area contributed by atoms with Crippen LogP contribution in [0.4, 0.5) is 11.5 Å². The zero-order valence-corrected chi connectivity index (χ0v) is 24.4. The lowest BCUT2D eigenvalue weighted by atomic mass is 9.85. The van der Waals surface area contributed by atoms with Gasteiger partial charge in [0, 0.05) is 54.7 Å². The highest BCUT2D eigenvalue weighted by molar-refractivity contribution is 5.84. The molecular weight excluding hydrogens is 550 g/mol. The van der Waals surface area contributed by atoms with Crippen LogP contribution in [-0.4, -0.2) is 49.6 Å². The van der Waals surface area contributed by atoms with Crippen LogP contribution in [0.5, 0.6) is 0 Å². The molecule has 44 heavy (non-hydrogen) atoms. The third-order valence-corrected chi connectivity index (χ3v) is 9.21. The fraction of sp³-hybridized carbons (Fsp3) is 0.229. The lowest BCUT2D eigenvalue weighted by molar-refractivity contribution is -0.00861. The van der Waals surface area contributed by atoms with Gasteiger partial charge in [0.05, 0.1) is 16.9 Å². The van der Waals surface area contributed by atoms with Gasteiger partial charge in [0.15, 0.2) is 11.5 Å². The molecule has 0 amide bonds. The smallest absolute Gasteiger partial charge is 0.249 e. The second-order valence-electron chi connectivity index (χ2n) is 11.7. The predicted molar refractivity (Wildman–Crippen MR) is 173 cm³/mol. The summed E-state index contributed by atoms with van der Waals surface area (Å²) in [7, 11) is 0. The molecule has 0 radical (unpaired) electrons. The molecule has 2 unspecified atom stereocenters. The molecule has 6 heterocycles. The van der Waals surface area contributed by atoms with E-state index in [-0.39, 0.29) is 10.9 Å². The number of anilines is 2. The van der Waals surface area contributed by atoms with E-state index < -0.39 is 0 Å². The molecule has 3 saturated heterocycles. The van der Waals surface area contributed by atoms with Gasteiger partial charge in [-0.2, -0.15) is 0 Å². The molecule has 3 aliphatic heterocycles. The van der Waals surface area contributed by atoms with Crippen molar-refractivity contribution in [2.45, 2.75) is 38.4 Å². The van der Waals surface area contributed by atoms with Gasteiger partial charge in [-0.25, -0.2) is 15.0 Å². The lowest BCUT2D eigenvalue weighted by Crippen LogP contribution is -2.69. The normalized spacial score (nSPS) is 18.2. The summed E-state index contributed by atoms with van der Waals surface area (Å²) in [5.74, 6) is 1.11. The number of piperazine rings is 1. The van der Waals surface area contributed by atoms with Crippen molar-refractivity contribution >= 4 is 22.7 Å². The molecule has 2 atom stereocenters. The van der Waals surface area contributed by atoms with Gasteiger partial charge in [-0.05, 0) is 54.8 Å². The molecule has 9 rings (SSSR count). The molecule has 3 aliphatic rings. The third kappa shape index (κ3) is 4.15. The maximum Gasteiger partial charge on any atom is 0.249 e. The minimum absolute atomic E-state index is 0.301. The largest absolute Gasteiger partial charge is 0.383 e. The summed E-state index contributed by atoms with van der Waals surface area (Å²) in [6.45, 7) is 4.36. The van der Waals surface area contributed by atoms with E-state index in [0.717, 1.165) is 59.7 Å².